The molecule has 3 aromatic rings. The highest BCUT2D eigenvalue weighted by molar-refractivity contribution is 5.96. The number of benzene rings is 1. The molecule has 1 saturated heterocycles. The van der Waals surface area contributed by atoms with Gasteiger partial charge < -0.3 is 29.6 Å². The quantitative estimate of drug-likeness (QED) is 0.424. The summed E-state index contributed by atoms with van der Waals surface area (Å²) in [5, 5.41) is 2.95. The number of hydrogen-bond acceptors (Lipinski definition) is 8. The fourth-order valence-corrected chi connectivity index (χ4v) is 6.60. The van der Waals surface area contributed by atoms with E-state index >= 15 is 0 Å². The summed E-state index contributed by atoms with van der Waals surface area (Å²) >= 11 is 0. The van der Waals surface area contributed by atoms with Crippen LogP contribution in [0.25, 0.3) is 11.1 Å². The van der Waals surface area contributed by atoms with Crippen LogP contribution in [0, 0.1) is 13.8 Å². The number of pyridine rings is 1. The van der Waals surface area contributed by atoms with Crippen LogP contribution in [0.1, 0.15) is 79.2 Å². The van der Waals surface area contributed by atoms with Gasteiger partial charge in [0.2, 0.25) is 5.95 Å². The Bertz CT molecular complexity index is 1660. The number of hydrogen-bond donors (Lipinski definition) is 2. The van der Waals surface area contributed by atoms with Gasteiger partial charge in [-0.1, -0.05) is 0 Å². The van der Waals surface area contributed by atoms with Gasteiger partial charge in [0.05, 0.1) is 0 Å². The number of anilines is 1. The second-order valence-electron chi connectivity index (χ2n) is 13.5. The van der Waals surface area contributed by atoms with Crippen molar-refractivity contribution in [2.75, 3.05) is 31.1 Å². The third-order valence-electron chi connectivity index (χ3n) is 8.86. The average Bonchev–Trinajstić information content (AvgIpc) is 3.60. The summed E-state index contributed by atoms with van der Waals surface area (Å²) < 4.78 is 12.2. The number of H-pyrrole nitrogens is 1. The molecule has 2 N–H and O–H groups in total. The highest BCUT2D eigenvalue weighted by Gasteiger charge is 2.43. The maximum absolute atomic E-state index is 13.5. The number of fused-ring (bicyclic) bond motifs is 1. The standard InChI is InChI=1S/C34H42N6O5/c1-21-14-22(2)38-30(42)27(21)20-35-29(41)23-15-24-17-34(8-6-7-9-34)44-28(24)26(16-23)25-18-36-31(37-19-25)39-10-12-40(13-11-39)32(43)45-33(3,4)5/h14-16,18-19H,6-13,17,20H2,1-5H3,(H,35,41)(H,38,42). The molecule has 4 heterocycles. The third kappa shape index (κ3) is 6.53. The lowest BCUT2D eigenvalue weighted by Gasteiger charge is -2.35. The first-order valence-electron chi connectivity index (χ1n) is 15.8. The Labute approximate surface area is 263 Å². The van der Waals surface area contributed by atoms with E-state index < -0.39 is 5.60 Å². The molecule has 2 aliphatic heterocycles. The van der Waals surface area contributed by atoms with Crippen molar-refractivity contribution in [2.45, 2.75) is 84.5 Å². The first-order valence-corrected chi connectivity index (χ1v) is 15.8. The number of piperazine rings is 1. The second-order valence-corrected chi connectivity index (χ2v) is 13.5. The molecule has 1 aliphatic carbocycles. The third-order valence-corrected chi connectivity index (χ3v) is 8.86. The SMILES string of the molecule is Cc1cc(C)c(CNC(=O)c2cc3c(c(-c4cnc(N5CCN(C(=O)OC(C)(C)C)CC5)nc4)c2)OC2(CCCC2)C3)c(=O)[nH]1. The second kappa shape index (κ2) is 11.8. The van der Waals surface area contributed by atoms with Gasteiger partial charge in [-0.05, 0) is 89.6 Å². The molecule has 0 atom stereocenters. The Morgan fingerprint density at radius 2 is 1.73 bits per heavy atom. The predicted molar refractivity (Wildman–Crippen MR) is 171 cm³/mol. The molecule has 0 unspecified atom stereocenters. The maximum atomic E-state index is 13.5. The molecule has 3 aliphatic rings. The normalized spacial score (nSPS) is 17.3. The van der Waals surface area contributed by atoms with E-state index in [0.717, 1.165) is 65.8 Å². The van der Waals surface area contributed by atoms with E-state index in [0.29, 0.717) is 43.3 Å². The lowest BCUT2D eigenvalue weighted by atomic mass is 9.93. The van der Waals surface area contributed by atoms with Gasteiger partial charge in [-0.3, -0.25) is 9.59 Å². The molecule has 11 nitrogen and oxygen atoms in total. The lowest BCUT2D eigenvalue weighted by molar-refractivity contribution is 0.0240. The summed E-state index contributed by atoms with van der Waals surface area (Å²) in [6, 6.07) is 5.67. The molecule has 11 heteroatoms. The molecule has 238 valence electrons. The number of aromatic amines is 1. The van der Waals surface area contributed by atoms with E-state index in [1.165, 1.54) is 0 Å². The van der Waals surface area contributed by atoms with Crippen LogP contribution in [-0.2, 0) is 17.7 Å². The smallest absolute Gasteiger partial charge is 0.410 e. The largest absolute Gasteiger partial charge is 0.486 e. The zero-order chi connectivity index (χ0) is 31.9. The minimum Gasteiger partial charge on any atom is -0.486 e. The Balaban J connectivity index is 1.22. The van der Waals surface area contributed by atoms with Gasteiger partial charge in [-0.2, -0.15) is 0 Å². The molecule has 1 aromatic carbocycles. The average molecular weight is 615 g/mol. The number of amides is 2. The van der Waals surface area contributed by atoms with Crippen molar-refractivity contribution in [1.82, 2.24) is 25.2 Å². The summed E-state index contributed by atoms with van der Waals surface area (Å²) in [5.74, 6) is 1.12. The van der Waals surface area contributed by atoms with E-state index in [-0.39, 0.29) is 29.7 Å². The molecule has 45 heavy (non-hydrogen) atoms. The summed E-state index contributed by atoms with van der Waals surface area (Å²) in [6.07, 6.45) is 8.23. The first kappa shape index (κ1) is 30.6. The topological polar surface area (TPSA) is 130 Å². The minimum atomic E-state index is -0.536. The summed E-state index contributed by atoms with van der Waals surface area (Å²) in [7, 11) is 0. The van der Waals surface area contributed by atoms with Crippen molar-refractivity contribution in [2.24, 2.45) is 0 Å². The van der Waals surface area contributed by atoms with E-state index in [9.17, 15) is 14.4 Å². The molecule has 0 bridgehead atoms. The number of carbonyl (C=O) groups excluding carboxylic acids is 2. The van der Waals surface area contributed by atoms with E-state index in [1.54, 1.807) is 17.3 Å². The fourth-order valence-electron chi connectivity index (χ4n) is 6.60. The lowest BCUT2D eigenvalue weighted by Crippen LogP contribution is -2.50. The van der Waals surface area contributed by atoms with Crippen LogP contribution in [-0.4, -0.2) is 69.2 Å². The number of aromatic nitrogens is 3. The van der Waals surface area contributed by atoms with Crippen LogP contribution in [0.15, 0.2) is 35.4 Å². The molecule has 6 rings (SSSR count). The zero-order valence-electron chi connectivity index (χ0n) is 26.8. The number of carbonyl (C=O) groups is 2. The van der Waals surface area contributed by atoms with E-state index in [1.807, 2.05) is 52.8 Å². The van der Waals surface area contributed by atoms with E-state index in [4.69, 9.17) is 9.47 Å². The highest BCUT2D eigenvalue weighted by Crippen LogP contribution is 2.49. The van der Waals surface area contributed by atoms with Crippen LogP contribution in [0.3, 0.4) is 0 Å². The van der Waals surface area contributed by atoms with Crippen molar-refractivity contribution in [3.63, 3.8) is 0 Å². The first-order chi connectivity index (χ1) is 21.4. The zero-order valence-corrected chi connectivity index (χ0v) is 26.8. The van der Waals surface area contributed by atoms with Crippen LogP contribution < -0.4 is 20.5 Å². The Morgan fingerprint density at radius 1 is 1.04 bits per heavy atom. The van der Waals surface area contributed by atoms with Crippen LogP contribution in [0.4, 0.5) is 10.7 Å². The minimum absolute atomic E-state index is 0.131. The monoisotopic (exact) mass is 614 g/mol. The maximum Gasteiger partial charge on any atom is 0.410 e. The molecular weight excluding hydrogens is 572 g/mol. The molecular formula is C34H42N6O5. The molecule has 2 fully saturated rings. The van der Waals surface area contributed by atoms with Crippen molar-refractivity contribution < 1.29 is 19.1 Å². The van der Waals surface area contributed by atoms with Gasteiger partial charge in [0.25, 0.3) is 11.5 Å². The van der Waals surface area contributed by atoms with Crippen LogP contribution >= 0.6 is 0 Å². The van der Waals surface area contributed by atoms with Crippen LogP contribution in [0.2, 0.25) is 0 Å². The Morgan fingerprint density at radius 3 is 2.38 bits per heavy atom. The van der Waals surface area contributed by atoms with Crippen molar-refractivity contribution in [1.29, 1.82) is 0 Å². The Kier molecular flexibility index (Phi) is 8.05. The molecule has 1 saturated carbocycles. The van der Waals surface area contributed by atoms with Crippen molar-refractivity contribution >= 4 is 17.9 Å². The molecule has 2 amide bonds. The van der Waals surface area contributed by atoms with Crippen molar-refractivity contribution in [3.8, 4) is 16.9 Å². The summed E-state index contributed by atoms with van der Waals surface area (Å²) in [6.45, 7) is 11.7. The number of aryl methyl sites for hydroxylation is 2. The molecule has 0 radical (unpaired) electrons. The van der Waals surface area contributed by atoms with Gasteiger partial charge in [-0.25, -0.2) is 14.8 Å². The van der Waals surface area contributed by atoms with Gasteiger partial charge in [0.15, 0.2) is 0 Å². The molecule has 2 aromatic heterocycles. The van der Waals surface area contributed by atoms with E-state index in [2.05, 4.69) is 25.2 Å². The predicted octanol–water partition coefficient (Wildman–Crippen LogP) is 4.68. The summed E-state index contributed by atoms with van der Waals surface area (Å²) in [4.78, 5) is 54.4. The van der Waals surface area contributed by atoms with Gasteiger partial charge in [-0.15, -0.1) is 0 Å². The van der Waals surface area contributed by atoms with Crippen LogP contribution in [0.5, 0.6) is 5.75 Å². The van der Waals surface area contributed by atoms with Gasteiger partial charge >= 0.3 is 6.09 Å². The highest BCUT2D eigenvalue weighted by atomic mass is 16.6. The van der Waals surface area contributed by atoms with Crippen molar-refractivity contribution in [3.05, 3.63) is 68.9 Å². The number of nitrogens with zero attached hydrogens (tertiary/aromatic N) is 4. The Hall–Kier alpha value is -4.41. The van der Waals surface area contributed by atoms with Gasteiger partial charge in [0, 0.05) is 79.5 Å². The van der Waals surface area contributed by atoms with Gasteiger partial charge in [0.1, 0.15) is 17.0 Å². The summed E-state index contributed by atoms with van der Waals surface area (Å²) in [5.41, 5.74) is 4.27. The number of ether oxygens (including phenoxy) is 2. The fraction of sp³-hybridized carbons (Fsp3) is 0.500. The molecule has 1 spiro atoms. The number of rotatable bonds is 5. The number of nitrogens with one attached hydrogen (secondary N) is 2.